The van der Waals surface area contributed by atoms with Crippen LogP contribution in [0.1, 0.15) is 26.5 Å². The van der Waals surface area contributed by atoms with E-state index in [1.807, 2.05) is 6.92 Å². The van der Waals surface area contributed by atoms with Crippen LogP contribution in [0.5, 0.6) is 0 Å². The topological polar surface area (TPSA) is 111 Å². The lowest BCUT2D eigenvalue weighted by Crippen LogP contribution is -2.37. The van der Waals surface area contributed by atoms with E-state index in [0.717, 1.165) is 0 Å². The Hall–Kier alpha value is -2.42. The summed E-state index contributed by atoms with van der Waals surface area (Å²) < 4.78 is 13.0. The van der Waals surface area contributed by atoms with Gasteiger partial charge in [-0.25, -0.2) is 18.7 Å². The number of ether oxygens (including phenoxy) is 2. The third-order valence-corrected chi connectivity index (χ3v) is 3.49. The maximum absolute atomic E-state index is 12.1. The molecule has 146 valence electrons. The molecule has 1 heterocycles. The molecule has 0 saturated carbocycles. The number of esters is 2. The third-order valence-electron chi connectivity index (χ3n) is 3.49. The number of nitrogens with one attached hydrogen (secondary N) is 1. The predicted molar refractivity (Wildman–Crippen MR) is 90.9 cm³/mol. The molecular weight excluding hydrogens is 342 g/mol. The Morgan fingerprint density at radius 3 is 2.50 bits per heavy atom. The Balaban J connectivity index is 2.84. The van der Waals surface area contributed by atoms with Crippen LogP contribution in [0.15, 0.2) is 12.5 Å². The van der Waals surface area contributed by atoms with Crippen LogP contribution in [-0.2, 0) is 43.4 Å². The molecule has 26 heavy (non-hydrogen) atoms. The molecule has 1 atom stereocenters. The summed E-state index contributed by atoms with van der Waals surface area (Å²) in [7, 11) is 0. The maximum atomic E-state index is 12.1. The van der Waals surface area contributed by atoms with Gasteiger partial charge in [0.25, 0.3) is 0 Å². The van der Waals surface area contributed by atoms with Crippen molar-refractivity contribution >= 4 is 17.8 Å². The zero-order chi connectivity index (χ0) is 19.5. The van der Waals surface area contributed by atoms with Crippen LogP contribution in [0, 0.1) is 5.92 Å². The molecule has 9 nitrogen and oxygen atoms in total. The highest BCUT2D eigenvalue weighted by molar-refractivity contribution is 5.78. The predicted octanol–water partition coefficient (Wildman–Crippen LogP) is -0.811. The number of carbonyl (C=O) groups excluding carboxylic acids is 3. The van der Waals surface area contributed by atoms with Gasteiger partial charge in [-0.3, -0.25) is 4.79 Å². The van der Waals surface area contributed by atoms with Crippen LogP contribution in [0.25, 0.3) is 0 Å². The Labute approximate surface area is 152 Å². The van der Waals surface area contributed by atoms with Crippen molar-refractivity contribution in [3.8, 4) is 0 Å². The molecule has 0 bridgehead atoms. The van der Waals surface area contributed by atoms with Gasteiger partial charge in [-0.2, -0.15) is 0 Å². The third kappa shape index (κ3) is 7.64. The van der Waals surface area contributed by atoms with Crippen molar-refractivity contribution in [1.29, 1.82) is 0 Å². The van der Waals surface area contributed by atoms with Crippen molar-refractivity contribution < 1.29 is 33.5 Å². The lowest BCUT2D eigenvalue weighted by molar-refractivity contribution is -0.685. The lowest BCUT2D eigenvalue weighted by Gasteiger charge is -2.09. The average molecular weight is 370 g/mol. The Kier molecular flexibility index (Phi) is 9.35. The molecule has 1 rings (SSSR count). The van der Waals surface area contributed by atoms with E-state index in [9.17, 15) is 14.4 Å². The van der Waals surface area contributed by atoms with E-state index >= 15 is 0 Å². The average Bonchev–Trinajstić information content (AvgIpc) is 2.93. The fraction of sp³-hybridized carbons (Fsp3) is 0.647. The summed E-state index contributed by atoms with van der Waals surface area (Å²) in [5, 5.41) is 11.7. The van der Waals surface area contributed by atoms with Gasteiger partial charge in [-0.15, -0.1) is 0 Å². The Bertz CT molecular complexity index is 614. The van der Waals surface area contributed by atoms with Gasteiger partial charge in [0.05, 0.1) is 19.6 Å². The minimum atomic E-state index is -0.429. The summed E-state index contributed by atoms with van der Waals surface area (Å²) in [6, 6.07) is 0. The van der Waals surface area contributed by atoms with Gasteiger partial charge < -0.3 is 19.9 Å². The second-order valence-electron chi connectivity index (χ2n) is 5.91. The van der Waals surface area contributed by atoms with E-state index in [1.165, 1.54) is 0 Å². The molecule has 0 aliphatic heterocycles. The van der Waals surface area contributed by atoms with Crippen molar-refractivity contribution in [2.24, 2.45) is 5.92 Å². The van der Waals surface area contributed by atoms with Crippen molar-refractivity contribution in [1.82, 2.24) is 9.88 Å². The van der Waals surface area contributed by atoms with Crippen molar-refractivity contribution in [2.45, 2.75) is 40.3 Å². The molecule has 0 spiro atoms. The number of aliphatic hydroxyl groups is 1. The first-order chi connectivity index (χ1) is 12.4. The normalized spacial score (nSPS) is 11.7. The minimum absolute atomic E-state index is 0.0141. The molecule has 1 aromatic rings. The number of rotatable bonds is 11. The molecule has 9 heteroatoms. The van der Waals surface area contributed by atoms with Gasteiger partial charge >= 0.3 is 11.9 Å². The number of hydrogen-bond acceptors (Lipinski definition) is 6. The monoisotopic (exact) mass is 370 g/mol. The molecule has 1 amide bonds. The number of hydrogen-bond donors (Lipinski definition) is 2. The molecule has 0 fully saturated rings. The molecule has 1 aromatic heterocycles. The second-order valence-corrected chi connectivity index (χ2v) is 5.91. The first-order valence-electron chi connectivity index (χ1n) is 8.66. The standard InChI is InChI=1S/C17H27N3O6/c1-4-25-16(23)9-19-8-14(6-15(22)18-7-13(3)11-21)20(12-19)10-17(24)26-5-2/h8,12-13,21H,4-7,9-11H2,1-3H3/p+1. The number of aliphatic hydroxyl groups excluding tert-OH is 1. The second kappa shape index (κ2) is 11.2. The summed E-state index contributed by atoms with van der Waals surface area (Å²) in [6.45, 7) is 6.06. The number of amides is 1. The van der Waals surface area contributed by atoms with E-state index in [2.05, 4.69) is 5.32 Å². The van der Waals surface area contributed by atoms with E-state index in [4.69, 9.17) is 14.6 Å². The van der Waals surface area contributed by atoms with Crippen LogP contribution in [0.3, 0.4) is 0 Å². The SMILES string of the molecule is CCOC(=O)Cn1c[n+](CC(=O)OCC)cc1CC(=O)NCC(C)CO. The first-order valence-corrected chi connectivity index (χ1v) is 8.66. The summed E-state index contributed by atoms with van der Waals surface area (Å²) in [4.78, 5) is 35.5. The molecule has 2 N–H and O–H groups in total. The molecule has 0 aliphatic rings. The molecule has 0 aromatic carbocycles. The number of carbonyl (C=O) groups is 3. The largest absolute Gasteiger partial charge is 0.463 e. The molecule has 0 saturated heterocycles. The first kappa shape index (κ1) is 21.6. The number of aromatic nitrogens is 2. The lowest BCUT2D eigenvalue weighted by atomic mass is 10.2. The molecule has 0 radical (unpaired) electrons. The van der Waals surface area contributed by atoms with Gasteiger partial charge in [0, 0.05) is 13.2 Å². The molecule has 0 aliphatic carbocycles. The maximum Gasteiger partial charge on any atom is 0.348 e. The van der Waals surface area contributed by atoms with E-state index in [1.54, 1.807) is 35.5 Å². The quantitative estimate of drug-likeness (QED) is 0.389. The summed E-state index contributed by atoms with van der Waals surface area (Å²) in [6.07, 6.45) is 3.24. The van der Waals surface area contributed by atoms with E-state index in [0.29, 0.717) is 12.2 Å². The number of imidazole rings is 1. The summed E-state index contributed by atoms with van der Waals surface area (Å²) in [5.41, 5.74) is 0.566. The van der Waals surface area contributed by atoms with Crippen LogP contribution in [0.2, 0.25) is 0 Å². The van der Waals surface area contributed by atoms with Gasteiger partial charge in [0.1, 0.15) is 6.20 Å². The van der Waals surface area contributed by atoms with Crippen LogP contribution < -0.4 is 9.88 Å². The highest BCUT2D eigenvalue weighted by atomic mass is 16.5. The van der Waals surface area contributed by atoms with Crippen molar-refractivity contribution in [2.75, 3.05) is 26.4 Å². The summed E-state index contributed by atoms with van der Waals surface area (Å²) in [5.74, 6) is -1.11. The summed E-state index contributed by atoms with van der Waals surface area (Å²) >= 11 is 0. The van der Waals surface area contributed by atoms with Gasteiger partial charge in [-0.1, -0.05) is 6.92 Å². The minimum Gasteiger partial charge on any atom is -0.463 e. The van der Waals surface area contributed by atoms with Gasteiger partial charge in [0.15, 0.2) is 18.8 Å². The number of nitrogens with zero attached hydrogens (tertiary/aromatic N) is 2. The molecule has 1 unspecified atom stereocenters. The highest BCUT2D eigenvalue weighted by Gasteiger charge is 2.21. The van der Waals surface area contributed by atoms with Crippen LogP contribution >= 0.6 is 0 Å². The highest BCUT2D eigenvalue weighted by Crippen LogP contribution is 2.02. The van der Waals surface area contributed by atoms with Crippen LogP contribution in [0.4, 0.5) is 0 Å². The smallest absolute Gasteiger partial charge is 0.348 e. The van der Waals surface area contributed by atoms with E-state index in [-0.39, 0.29) is 51.2 Å². The Morgan fingerprint density at radius 1 is 1.23 bits per heavy atom. The Morgan fingerprint density at radius 2 is 1.88 bits per heavy atom. The van der Waals surface area contributed by atoms with E-state index < -0.39 is 11.9 Å². The molecular formula is C17H28N3O6+. The fourth-order valence-corrected chi connectivity index (χ4v) is 2.21. The van der Waals surface area contributed by atoms with Gasteiger partial charge in [-0.05, 0) is 19.8 Å². The zero-order valence-electron chi connectivity index (χ0n) is 15.6. The zero-order valence-corrected chi connectivity index (χ0v) is 15.6. The van der Waals surface area contributed by atoms with Crippen LogP contribution in [-0.4, -0.2) is 53.9 Å². The van der Waals surface area contributed by atoms with Crippen molar-refractivity contribution in [3.05, 3.63) is 18.2 Å². The fourth-order valence-electron chi connectivity index (χ4n) is 2.21. The van der Waals surface area contributed by atoms with Crippen molar-refractivity contribution in [3.63, 3.8) is 0 Å². The van der Waals surface area contributed by atoms with Gasteiger partial charge in [0.2, 0.25) is 12.2 Å².